The molecule has 0 radical (unpaired) electrons. The average molecular weight is 386 g/mol. The number of likely N-dealkylation sites (N-methyl/N-ethyl adjacent to an activating group) is 1. The molecule has 1 heterocycles. The third kappa shape index (κ3) is 5.39. The molecule has 9 heteroatoms. The summed E-state index contributed by atoms with van der Waals surface area (Å²) in [6.07, 6.45) is 5.60. The molecule has 0 unspecified atom stereocenters. The predicted molar refractivity (Wildman–Crippen MR) is 99.4 cm³/mol. The molecule has 1 saturated carbocycles. The molecular formula is C17H31N5O3S. The molecule has 26 heavy (non-hydrogen) atoms. The van der Waals surface area contributed by atoms with Gasteiger partial charge in [-0.2, -0.15) is 22.3 Å². The second-order valence-corrected chi connectivity index (χ2v) is 9.20. The molecule has 148 valence electrons. The third-order valence-electron chi connectivity index (χ3n) is 5.45. The molecule has 0 spiro atoms. The normalized spacial score (nSPS) is 20.8. The Morgan fingerprint density at radius 1 is 1.12 bits per heavy atom. The van der Waals surface area contributed by atoms with E-state index in [1.807, 2.05) is 11.0 Å². The molecule has 0 aromatic rings. The molecular weight excluding hydrogens is 354 g/mol. The van der Waals surface area contributed by atoms with Crippen LogP contribution in [-0.4, -0.2) is 92.1 Å². The van der Waals surface area contributed by atoms with Crippen LogP contribution in [0.25, 0.3) is 0 Å². The van der Waals surface area contributed by atoms with Crippen LogP contribution in [0, 0.1) is 11.3 Å². The van der Waals surface area contributed by atoms with E-state index in [9.17, 15) is 13.2 Å². The van der Waals surface area contributed by atoms with Crippen molar-refractivity contribution in [1.82, 2.24) is 18.4 Å². The van der Waals surface area contributed by atoms with Gasteiger partial charge >= 0.3 is 0 Å². The quantitative estimate of drug-likeness (QED) is 0.636. The Morgan fingerprint density at radius 3 is 2.31 bits per heavy atom. The van der Waals surface area contributed by atoms with Gasteiger partial charge in [0.25, 0.3) is 10.2 Å². The monoisotopic (exact) mass is 385 g/mol. The van der Waals surface area contributed by atoms with Crippen LogP contribution < -0.4 is 0 Å². The molecule has 1 aliphatic heterocycles. The number of carbonyl (C=O) groups excluding carboxylic acids is 1. The van der Waals surface area contributed by atoms with Crippen molar-refractivity contribution in [1.29, 1.82) is 5.26 Å². The first kappa shape index (κ1) is 21.1. The second-order valence-electron chi connectivity index (χ2n) is 7.21. The number of amides is 1. The maximum absolute atomic E-state index is 12.9. The molecule has 2 rings (SSSR count). The molecule has 1 saturated heterocycles. The highest BCUT2D eigenvalue weighted by Crippen LogP contribution is 2.25. The van der Waals surface area contributed by atoms with Crippen LogP contribution >= 0.6 is 0 Å². The Hall–Kier alpha value is -1.21. The van der Waals surface area contributed by atoms with Gasteiger partial charge in [0.15, 0.2) is 0 Å². The van der Waals surface area contributed by atoms with Crippen LogP contribution in [0.1, 0.15) is 38.5 Å². The van der Waals surface area contributed by atoms with Crippen molar-refractivity contribution in [2.45, 2.75) is 44.6 Å². The SMILES string of the molecule is CN(CCC#N)C(=O)CN1CCN(S(=O)(=O)N(C)C2CCCCC2)CC1. The predicted octanol–water partition coefficient (Wildman–Crippen LogP) is 0.485. The van der Waals surface area contributed by atoms with Gasteiger partial charge in [-0.25, -0.2) is 0 Å². The summed E-state index contributed by atoms with van der Waals surface area (Å²) in [6.45, 7) is 2.62. The van der Waals surface area contributed by atoms with Crippen LogP contribution in [0.2, 0.25) is 0 Å². The van der Waals surface area contributed by atoms with Gasteiger partial charge < -0.3 is 4.90 Å². The minimum Gasteiger partial charge on any atom is -0.344 e. The average Bonchev–Trinajstić information content (AvgIpc) is 2.66. The van der Waals surface area contributed by atoms with Gasteiger partial charge in [0, 0.05) is 52.9 Å². The van der Waals surface area contributed by atoms with Gasteiger partial charge in [-0.1, -0.05) is 19.3 Å². The zero-order valence-electron chi connectivity index (χ0n) is 15.9. The summed E-state index contributed by atoms with van der Waals surface area (Å²) in [5.74, 6) is -0.0316. The largest absolute Gasteiger partial charge is 0.344 e. The van der Waals surface area contributed by atoms with E-state index in [0.29, 0.717) is 39.1 Å². The van der Waals surface area contributed by atoms with E-state index in [-0.39, 0.29) is 18.5 Å². The van der Waals surface area contributed by atoms with E-state index in [2.05, 4.69) is 0 Å². The Labute approximate surface area is 157 Å². The minimum atomic E-state index is -3.43. The van der Waals surface area contributed by atoms with E-state index in [4.69, 9.17) is 5.26 Å². The molecule has 0 N–H and O–H groups in total. The Balaban J connectivity index is 1.83. The summed E-state index contributed by atoms with van der Waals surface area (Å²) < 4.78 is 28.8. The number of rotatable bonds is 7. The highest BCUT2D eigenvalue weighted by molar-refractivity contribution is 7.86. The van der Waals surface area contributed by atoms with Crippen molar-refractivity contribution in [3.8, 4) is 6.07 Å². The van der Waals surface area contributed by atoms with Crippen molar-refractivity contribution < 1.29 is 13.2 Å². The van der Waals surface area contributed by atoms with Gasteiger partial charge in [-0.05, 0) is 12.8 Å². The Kier molecular flexibility index (Phi) is 7.83. The van der Waals surface area contributed by atoms with Crippen LogP contribution in [0.15, 0.2) is 0 Å². The van der Waals surface area contributed by atoms with Crippen molar-refractivity contribution in [2.24, 2.45) is 0 Å². The van der Waals surface area contributed by atoms with Crippen molar-refractivity contribution in [3.63, 3.8) is 0 Å². The number of hydrogen-bond acceptors (Lipinski definition) is 5. The van der Waals surface area contributed by atoms with Crippen molar-refractivity contribution >= 4 is 16.1 Å². The lowest BCUT2D eigenvalue weighted by Crippen LogP contribution is -2.55. The molecule has 0 aromatic carbocycles. The molecule has 0 aromatic heterocycles. The maximum Gasteiger partial charge on any atom is 0.282 e. The van der Waals surface area contributed by atoms with Crippen molar-refractivity contribution in [3.05, 3.63) is 0 Å². The van der Waals surface area contributed by atoms with Gasteiger partial charge in [-0.15, -0.1) is 0 Å². The third-order valence-corrected chi connectivity index (χ3v) is 7.50. The van der Waals surface area contributed by atoms with Crippen molar-refractivity contribution in [2.75, 3.05) is 53.4 Å². The molecule has 2 fully saturated rings. The van der Waals surface area contributed by atoms with Gasteiger partial charge in [0.1, 0.15) is 0 Å². The second kappa shape index (κ2) is 9.65. The molecule has 1 amide bonds. The summed E-state index contributed by atoms with van der Waals surface area (Å²) in [5, 5.41) is 8.60. The Bertz CT molecular complexity index is 604. The lowest BCUT2D eigenvalue weighted by molar-refractivity contribution is -0.131. The Morgan fingerprint density at radius 2 is 1.73 bits per heavy atom. The van der Waals surface area contributed by atoms with E-state index in [1.54, 1.807) is 27.6 Å². The summed E-state index contributed by atoms with van der Waals surface area (Å²) in [7, 11) is -0.0395. The smallest absolute Gasteiger partial charge is 0.282 e. The highest BCUT2D eigenvalue weighted by atomic mass is 32.2. The fourth-order valence-corrected chi connectivity index (χ4v) is 5.16. The van der Waals surface area contributed by atoms with E-state index in [0.717, 1.165) is 25.7 Å². The molecule has 0 bridgehead atoms. The first-order chi connectivity index (χ1) is 12.4. The van der Waals surface area contributed by atoms with Gasteiger partial charge in [-0.3, -0.25) is 9.69 Å². The van der Waals surface area contributed by atoms with Crippen LogP contribution in [-0.2, 0) is 15.0 Å². The fraction of sp³-hybridized carbons (Fsp3) is 0.882. The standard InChI is InChI=1S/C17H31N5O3S/c1-19(10-6-9-18)17(23)15-21-11-13-22(14-12-21)26(24,25)20(2)16-7-4-3-5-8-16/h16H,3-8,10-15H2,1-2H3. The number of nitrogens with zero attached hydrogens (tertiary/aromatic N) is 5. The van der Waals surface area contributed by atoms with E-state index >= 15 is 0 Å². The maximum atomic E-state index is 12.9. The van der Waals surface area contributed by atoms with Gasteiger partial charge in [0.2, 0.25) is 5.91 Å². The molecule has 8 nitrogen and oxygen atoms in total. The summed E-state index contributed by atoms with van der Waals surface area (Å²) >= 11 is 0. The first-order valence-corrected chi connectivity index (χ1v) is 10.8. The first-order valence-electron chi connectivity index (χ1n) is 9.42. The van der Waals surface area contributed by atoms with Crippen LogP contribution in [0.5, 0.6) is 0 Å². The molecule has 1 aliphatic carbocycles. The zero-order chi connectivity index (χ0) is 19.2. The number of piperazine rings is 1. The number of hydrogen-bond donors (Lipinski definition) is 0. The molecule has 2 aliphatic rings. The summed E-state index contributed by atoms with van der Waals surface area (Å²) in [5.41, 5.74) is 0. The van der Waals surface area contributed by atoms with E-state index in [1.165, 1.54) is 6.42 Å². The fourth-order valence-electron chi connectivity index (χ4n) is 3.59. The van der Waals surface area contributed by atoms with Gasteiger partial charge in [0.05, 0.1) is 19.0 Å². The summed E-state index contributed by atoms with van der Waals surface area (Å²) in [6, 6.07) is 2.14. The van der Waals surface area contributed by atoms with E-state index < -0.39 is 10.2 Å². The number of nitriles is 1. The number of carbonyl (C=O) groups is 1. The lowest BCUT2D eigenvalue weighted by atomic mass is 9.96. The van der Waals surface area contributed by atoms with Crippen LogP contribution in [0.4, 0.5) is 0 Å². The molecule has 0 atom stereocenters. The zero-order valence-corrected chi connectivity index (χ0v) is 16.7. The summed E-state index contributed by atoms with van der Waals surface area (Å²) in [4.78, 5) is 15.7. The topological polar surface area (TPSA) is 88.0 Å². The van der Waals surface area contributed by atoms with Crippen LogP contribution in [0.3, 0.4) is 0 Å². The highest BCUT2D eigenvalue weighted by Gasteiger charge is 2.34. The minimum absolute atomic E-state index is 0.0316. The lowest BCUT2D eigenvalue weighted by Gasteiger charge is -2.38.